The number of rotatable bonds is 7. The molecule has 0 aromatic carbocycles. The van der Waals surface area contributed by atoms with E-state index in [0.717, 1.165) is 12.1 Å². The molecule has 180 valence electrons. The molecule has 2 heterocycles. The van der Waals surface area contributed by atoms with Crippen LogP contribution in [0.4, 0.5) is 5.82 Å². The molecule has 1 atom stereocenters. The van der Waals surface area contributed by atoms with Gasteiger partial charge in [-0.05, 0) is 32.6 Å². The van der Waals surface area contributed by atoms with Gasteiger partial charge in [-0.15, -0.1) is 0 Å². The van der Waals surface area contributed by atoms with E-state index in [0.29, 0.717) is 17.7 Å². The fourth-order valence-electron chi connectivity index (χ4n) is 4.46. The predicted molar refractivity (Wildman–Crippen MR) is 124 cm³/mol. The van der Waals surface area contributed by atoms with Crippen molar-refractivity contribution in [2.24, 2.45) is 0 Å². The Hall–Kier alpha value is -1.58. The Morgan fingerprint density at radius 3 is 2.25 bits per heavy atom. The fraction of sp³-hybridized carbons (Fsp3) is 0.762. The van der Waals surface area contributed by atoms with Crippen LogP contribution in [0.5, 0.6) is 0 Å². The van der Waals surface area contributed by atoms with Crippen molar-refractivity contribution in [3.05, 3.63) is 12.7 Å². The Morgan fingerprint density at radius 1 is 1.09 bits per heavy atom. The van der Waals surface area contributed by atoms with Crippen LogP contribution in [0.1, 0.15) is 71.1 Å². The van der Waals surface area contributed by atoms with E-state index in [9.17, 15) is 4.57 Å². The number of nitrogens with zero attached hydrogens (tertiary/aromatic N) is 4. The van der Waals surface area contributed by atoms with Gasteiger partial charge in [-0.3, -0.25) is 4.57 Å². The fourth-order valence-corrected chi connectivity index (χ4v) is 4.91. The number of aromatic nitrogens is 4. The van der Waals surface area contributed by atoms with Crippen LogP contribution in [-0.2, 0) is 15.8 Å². The average molecular weight is 469 g/mol. The van der Waals surface area contributed by atoms with E-state index in [2.05, 4.69) is 20.3 Å². The quantitative estimate of drug-likeness (QED) is 0.449. The van der Waals surface area contributed by atoms with Crippen molar-refractivity contribution in [2.45, 2.75) is 95.9 Å². The number of imidazole rings is 1. The highest BCUT2D eigenvalue weighted by molar-refractivity contribution is 7.51. The summed E-state index contributed by atoms with van der Waals surface area (Å²) in [5.41, 5.74) is 6.70. The minimum atomic E-state index is -4.16. The molecule has 0 unspecified atom stereocenters. The number of nitrogens with two attached hydrogens (primary N) is 1. The highest BCUT2D eigenvalue weighted by atomic mass is 31.2. The molecule has 0 amide bonds. The summed E-state index contributed by atoms with van der Waals surface area (Å²) in [5, 5.41) is 3.86. The largest absolute Gasteiger partial charge is 0.382 e. The van der Waals surface area contributed by atoms with Crippen molar-refractivity contribution in [3.8, 4) is 0 Å². The molecule has 32 heavy (non-hydrogen) atoms. The molecule has 2 saturated carbocycles. The first-order chi connectivity index (χ1) is 15.3. The van der Waals surface area contributed by atoms with Crippen molar-refractivity contribution in [3.63, 3.8) is 0 Å². The minimum Gasteiger partial charge on any atom is -0.382 e. The molecule has 0 bridgehead atoms. The second kappa shape index (κ2) is 12.0. The van der Waals surface area contributed by atoms with E-state index in [-0.39, 0.29) is 5.82 Å². The van der Waals surface area contributed by atoms with E-state index in [1.165, 1.54) is 76.9 Å². The normalized spacial score (nSPS) is 19.5. The van der Waals surface area contributed by atoms with Crippen LogP contribution in [0.3, 0.4) is 0 Å². The topological polar surface area (TPSA) is 148 Å². The SMILES string of the molecule is C1CCC(NC2CCCCC2)CC1.C[C@H](Cn1cnc2c(N)ncnc21)OCP(=O)(O)O. The monoisotopic (exact) mass is 468 g/mol. The third-order valence-corrected chi connectivity index (χ3v) is 6.58. The Bertz CT molecular complexity index is 860. The Labute approximate surface area is 189 Å². The molecular formula is C21H37N6O4P. The number of hydrogen-bond acceptors (Lipinski definition) is 7. The Morgan fingerprint density at radius 2 is 1.69 bits per heavy atom. The van der Waals surface area contributed by atoms with Crippen LogP contribution in [0.2, 0.25) is 0 Å². The number of hydrogen-bond donors (Lipinski definition) is 4. The van der Waals surface area contributed by atoms with Gasteiger partial charge in [0.1, 0.15) is 18.2 Å². The number of fused-ring (bicyclic) bond motifs is 1. The maximum Gasteiger partial charge on any atom is 0.350 e. The number of nitrogen functional groups attached to an aromatic ring is 1. The van der Waals surface area contributed by atoms with Crippen LogP contribution >= 0.6 is 7.60 Å². The van der Waals surface area contributed by atoms with Gasteiger partial charge in [0.2, 0.25) is 0 Å². The Balaban J connectivity index is 0.000000193. The summed E-state index contributed by atoms with van der Waals surface area (Å²) in [5.74, 6) is 0.285. The summed E-state index contributed by atoms with van der Waals surface area (Å²) in [6, 6.07) is 1.74. The predicted octanol–water partition coefficient (Wildman–Crippen LogP) is 3.19. The molecule has 0 saturated heterocycles. The van der Waals surface area contributed by atoms with Crippen molar-refractivity contribution < 1.29 is 19.1 Å². The lowest BCUT2D eigenvalue weighted by molar-refractivity contribution is 0.0764. The van der Waals surface area contributed by atoms with Crippen LogP contribution in [-0.4, -0.2) is 53.8 Å². The molecular weight excluding hydrogens is 431 g/mol. The lowest BCUT2D eigenvalue weighted by atomic mass is 9.91. The van der Waals surface area contributed by atoms with Crippen molar-refractivity contribution in [2.75, 3.05) is 12.1 Å². The lowest BCUT2D eigenvalue weighted by Crippen LogP contribution is -2.40. The van der Waals surface area contributed by atoms with Crippen molar-refractivity contribution in [1.29, 1.82) is 0 Å². The maximum atomic E-state index is 10.7. The summed E-state index contributed by atoms with van der Waals surface area (Å²) >= 11 is 0. The average Bonchev–Trinajstić information content (AvgIpc) is 3.18. The molecule has 2 aliphatic carbocycles. The van der Waals surface area contributed by atoms with E-state index in [1.807, 2.05) is 0 Å². The molecule has 0 aliphatic heterocycles. The molecule has 2 aromatic heterocycles. The molecule has 5 N–H and O–H groups in total. The molecule has 11 heteroatoms. The first-order valence-corrected chi connectivity index (χ1v) is 13.4. The number of nitrogens with one attached hydrogen (secondary N) is 1. The first-order valence-electron chi connectivity index (χ1n) is 11.7. The van der Waals surface area contributed by atoms with E-state index < -0.39 is 20.0 Å². The van der Waals surface area contributed by atoms with E-state index in [1.54, 1.807) is 11.5 Å². The highest BCUT2D eigenvalue weighted by Gasteiger charge is 2.19. The zero-order chi connectivity index (χ0) is 23.0. The van der Waals surface area contributed by atoms with Gasteiger partial charge in [-0.25, -0.2) is 15.0 Å². The van der Waals surface area contributed by atoms with E-state index in [4.69, 9.17) is 20.3 Å². The lowest BCUT2D eigenvalue weighted by Gasteiger charge is -2.30. The number of anilines is 1. The van der Waals surface area contributed by atoms with Gasteiger partial charge in [0.15, 0.2) is 11.5 Å². The molecule has 0 spiro atoms. The van der Waals surface area contributed by atoms with Crippen molar-refractivity contribution >= 4 is 24.6 Å². The van der Waals surface area contributed by atoms with Crippen molar-refractivity contribution in [1.82, 2.24) is 24.8 Å². The highest BCUT2D eigenvalue weighted by Crippen LogP contribution is 2.34. The van der Waals surface area contributed by atoms with Crippen LogP contribution < -0.4 is 11.1 Å². The van der Waals surface area contributed by atoms with Gasteiger partial charge in [0.25, 0.3) is 0 Å². The third kappa shape index (κ3) is 8.08. The molecule has 2 aliphatic rings. The Kier molecular flexibility index (Phi) is 9.43. The summed E-state index contributed by atoms with van der Waals surface area (Å²) < 4.78 is 17.5. The molecule has 0 radical (unpaired) electrons. The van der Waals surface area contributed by atoms with Crippen LogP contribution in [0, 0.1) is 0 Å². The second-order valence-corrected chi connectivity index (χ2v) is 10.5. The van der Waals surface area contributed by atoms with Gasteiger partial charge >= 0.3 is 7.60 Å². The second-order valence-electron chi connectivity index (χ2n) is 8.94. The van der Waals surface area contributed by atoms with Gasteiger partial charge < -0.3 is 30.1 Å². The number of ether oxygens (including phenoxy) is 1. The zero-order valence-electron chi connectivity index (χ0n) is 18.9. The summed E-state index contributed by atoms with van der Waals surface area (Å²) in [6.07, 6.45) is 16.4. The van der Waals surface area contributed by atoms with Gasteiger partial charge in [0, 0.05) is 12.1 Å². The minimum absolute atomic E-state index is 0.285. The maximum absolute atomic E-state index is 10.7. The molecule has 10 nitrogen and oxygen atoms in total. The van der Waals surface area contributed by atoms with Gasteiger partial charge in [0.05, 0.1) is 19.0 Å². The first kappa shape index (κ1) is 25.1. The summed E-state index contributed by atoms with van der Waals surface area (Å²) in [7, 11) is -4.16. The molecule has 4 rings (SSSR count). The molecule has 2 aromatic rings. The van der Waals surface area contributed by atoms with Crippen LogP contribution in [0.25, 0.3) is 11.2 Å². The molecule has 2 fully saturated rings. The standard InChI is InChI=1S/C12H23N.C9H14N5O4P/c1-3-7-11(8-4-1)13-12-9-5-2-6-10-12;1-6(18-5-19(15,16)17)2-14-4-13-7-8(10)11-3-12-9(7)14/h11-13H,1-10H2;3-4,6H,2,5H2,1H3,(H2,10,11,12)(H2,15,16,17)/t;6-/m.1/s1. The van der Waals surface area contributed by atoms with Gasteiger partial charge in [-0.1, -0.05) is 38.5 Å². The van der Waals surface area contributed by atoms with Gasteiger partial charge in [-0.2, -0.15) is 0 Å². The summed E-state index contributed by atoms with van der Waals surface area (Å²) in [6.45, 7) is 2.05. The summed E-state index contributed by atoms with van der Waals surface area (Å²) in [4.78, 5) is 29.4. The third-order valence-electron chi connectivity index (χ3n) is 6.09. The zero-order valence-corrected chi connectivity index (χ0v) is 19.8. The van der Waals surface area contributed by atoms with Crippen LogP contribution in [0.15, 0.2) is 12.7 Å². The van der Waals surface area contributed by atoms with E-state index >= 15 is 0 Å². The smallest absolute Gasteiger partial charge is 0.350 e.